The zero-order chi connectivity index (χ0) is 16.3. The second-order valence-electron chi connectivity index (χ2n) is 5.37. The maximum absolute atomic E-state index is 11.4. The molecule has 1 aromatic rings. The third-order valence-corrected chi connectivity index (χ3v) is 5.84. The average Bonchev–Trinajstić information content (AvgIpc) is 2.45. The summed E-state index contributed by atoms with van der Waals surface area (Å²) in [5.41, 5.74) is 0.234. The molecule has 0 aromatic heterocycles. The molecule has 1 heterocycles. The number of aromatic carboxylic acids is 1. The third kappa shape index (κ3) is 4.56. The molecule has 0 saturated carbocycles. The molecule has 6 nitrogen and oxygen atoms in total. The fourth-order valence-corrected chi connectivity index (χ4v) is 3.91. The van der Waals surface area contributed by atoms with E-state index >= 15 is 0 Å². The van der Waals surface area contributed by atoms with Crippen molar-refractivity contribution in [1.82, 2.24) is 4.31 Å². The van der Waals surface area contributed by atoms with Crippen LogP contribution in [-0.2, 0) is 10.0 Å². The zero-order valence-corrected chi connectivity index (χ0v) is 15.1. The Morgan fingerprint density at radius 1 is 1.41 bits per heavy atom. The number of carboxylic acids is 1. The fourth-order valence-electron chi connectivity index (χ4n) is 2.37. The van der Waals surface area contributed by atoms with E-state index in [1.54, 1.807) is 12.1 Å². The minimum absolute atomic E-state index is 0.234. The van der Waals surface area contributed by atoms with Gasteiger partial charge >= 0.3 is 5.97 Å². The van der Waals surface area contributed by atoms with Gasteiger partial charge in [0.05, 0.1) is 22.0 Å². The summed E-state index contributed by atoms with van der Waals surface area (Å²) in [7, 11) is -3.10. The maximum atomic E-state index is 11.4. The molecule has 0 radical (unpaired) electrons. The summed E-state index contributed by atoms with van der Waals surface area (Å²) >= 11 is 2.05. The Labute approximate surface area is 143 Å². The van der Waals surface area contributed by atoms with Gasteiger partial charge in [0.2, 0.25) is 10.0 Å². The van der Waals surface area contributed by atoms with Crippen molar-refractivity contribution in [2.24, 2.45) is 5.92 Å². The summed E-state index contributed by atoms with van der Waals surface area (Å²) in [6, 6.07) is 4.76. The van der Waals surface area contributed by atoms with Crippen molar-refractivity contribution >= 4 is 38.6 Å². The van der Waals surface area contributed by atoms with Crippen molar-refractivity contribution in [2.75, 3.05) is 26.0 Å². The van der Waals surface area contributed by atoms with Crippen LogP contribution in [0.3, 0.4) is 0 Å². The van der Waals surface area contributed by atoms with Gasteiger partial charge in [0, 0.05) is 13.1 Å². The number of piperidine rings is 1. The van der Waals surface area contributed by atoms with Gasteiger partial charge in [-0.05, 0) is 59.5 Å². The molecule has 122 valence electrons. The first kappa shape index (κ1) is 17.5. The van der Waals surface area contributed by atoms with Gasteiger partial charge in [-0.15, -0.1) is 0 Å². The van der Waals surface area contributed by atoms with E-state index in [9.17, 15) is 13.2 Å². The van der Waals surface area contributed by atoms with Crippen LogP contribution in [0.4, 0.5) is 0 Å². The lowest BCUT2D eigenvalue weighted by Crippen LogP contribution is -2.39. The number of sulfonamides is 1. The third-order valence-electron chi connectivity index (χ3n) is 3.70. The molecule has 0 bridgehead atoms. The highest BCUT2D eigenvalue weighted by molar-refractivity contribution is 14.1. The number of carboxylic acid groups (broad SMARTS) is 1. The van der Waals surface area contributed by atoms with Crippen LogP contribution in [0.25, 0.3) is 0 Å². The highest BCUT2D eigenvalue weighted by atomic mass is 127. The van der Waals surface area contributed by atoms with Crippen molar-refractivity contribution in [3.05, 3.63) is 27.3 Å². The second kappa shape index (κ2) is 7.14. The van der Waals surface area contributed by atoms with Crippen LogP contribution in [0.5, 0.6) is 5.75 Å². The SMILES string of the molecule is CS(=O)(=O)N1CCC(COc2ccc(C(=O)O)cc2I)CC1. The summed E-state index contributed by atoms with van der Waals surface area (Å²) < 4.78 is 30.9. The van der Waals surface area contributed by atoms with Gasteiger partial charge in [-0.2, -0.15) is 0 Å². The number of hydrogen-bond donors (Lipinski definition) is 1. The Morgan fingerprint density at radius 2 is 2.05 bits per heavy atom. The van der Waals surface area contributed by atoms with E-state index in [1.165, 1.54) is 16.6 Å². The Hall–Kier alpha value is -0.870. The number of carbonyl (C=O) groups is 1. The first-order valence-electron chi connectivity index (χ1n) is 6.88. The standard InChI is InChI=1S/C14H18INO5S/c1-22(19,20)16-6-4-10(5-7-16)9-21-13-3-2-11(14(17)18)8-12(13)15/h2-3,8,10H,4-7,9H2,1H3,(H,17,18). The summed E-state index contributed by atoms with van der Waals surface area (Å²) in [6.07, 6.45) is 2.78. The number of hydrogen-bond acceptors (Lipinski definition) is 4. The van der Waals surface area contributed by atoms with Gasteiger partial charge in [0.15, 0.2) is 0 Å². The van der Waals surface area contributed by atoms with Gasteiger partial charge in [-0.25, -0.2) is 17.5 Å². The largest absolute Gasteiger partial charge is 0.492 e. The molecular weight excluding hydrogens is 421 g/mol. The molecule has 0 atom stereocenters. The van der Waals surface area contributed by atoms with E-state index in [1.807, 2.05) is 0 Å². The van der Waals surface area contributed by atoms with E-state index in [-0.39, 0.29) is 5.56 Å². The van der Waals surface area contributed by atoms with E-state index in [0.29, 0.717) is 31.4 Å². The zero-order valence-electron chi connectivity index (χ0n) is 12.2. The van der Waals surface area contributed by atoms with Crippen LogP contribution in [0.15, 0.2) is 18.2 Å². The first-order chi connectivity index (χ1) is 10.3. The van der Waals surface area contributed by atoms with Crippen LogP contribution in [0, 0.1) is 9.49 Å². The topological polar surface area (TPSA) is 83.9 Å². The van der Waals surface area contributed by atoms with E-state index in [4.69, 9.17) is 9.84 Å². The molecule has 0 aliphatic carbocycles. The Balaban J connectivity index is 1.88. The predicted octanol–water partition coefficient (Wildman–Crippen LogP) is 2.04. The highest BCUT2D eigenvalue weighted by Crippen LogP contribution is 2.25. The van der Waals surface area contributed by atoms with Gasteiger partial charge in [0.25, 0.3) is 0 Å². The molecule has 1 fully saturated rings. The quantitative estimate of drug-likeness (QED) is 0.711. The monoisotopic (exact) mass is 439 g/mol. The first-order valence-corrected chi connectivity index (χ1v) is 9.81. The van der Waals surface area contributed by atoms with E-state index in [2.05, 4.69) is 22.6 Å². The lowest BCUT2D eigenvalue weighted by molar-refractivity contribution is 0.0696. The van der Waals surface area contributed by atoms with Gasteiger partial charge in [-0.3, -0.25) is 0 Å². The van der Waals surface area contributed by atoms with E-state index < -0.39 is 16.0 Å². The summed E-state index contributed by atoms with van der Waals surface area (Å²) in [4.78, 5) is 10.9. The van der Waals surface area contributed by atoms with Crippen LogP contribution in [-0.4, -0.2) is 49.8 Å². The van der Waals surface area contributed by atoms with Crippen molar-refractivity contribution in [3.8, 4) is 5.75 Å². The van der Waals surface area contributed by atoms with E-state index in [0.717, 1.165) is 16.4 Å². The minimum atomic E-state index is -3.10. The molecule has 1 aliphatic heterocycles. The maximum Gasteiger partial charge on any atom is 0.335 e. The summed E-state index contributed by atoms with van der Waals surface area (Å²) in [5.74, 6) is 0.0155. The number of nitrogens with zero attached hydrogens (tertiary/aromatic N) is 1. The Morgan fingerprint density at radius 3 is 2.55 bits per heavy atom. The van der Waals surface area contributed by atoms with Crippen molar-refractivity contribution in [3.63, 3.8) is 0 Å². The average molecular weight is 439 g/mol. The molecule has 2 rings (SSSR count). The molecule has 1 aliphatic rings. The van der Waals surface area contributed by atoms with Gasteiger partial charge < -0.3 is 9.84 Å². The molecule has 0 spiro atoms. The number of rotatable bonds is 5. The molecular formula is C14H18INO5S. The Bertz CT molecular complexity index is 653. The summed E-state index contributed by atoms with van der Waals surface area (Å²) in [5, 5.41) is 8.93. The van der Waals surface area contributed by atoms with Gasteiger partial charge in [-0.1, -0.05) is 0 Å². The number of ether oxygens (including phenoxy) is 1. The molecule has 1 N–H and O–H groups in total. The molecule has 8 heteroatoms. The fraction of sp³-hybridized carbons (Fsp3) is 0.500. The molecule has 0 unspecified atom stereocenters. The van der Waals surface area contributed by atoms with Crippen LogP contribution in [0.2, 0.25) is 0 Å². The van der Waals surface area contributed by atoms with Crippen molar-refractivity contribution in [1.29, 1.82) is 0 Å². The van der Waals surface area contributed by atoms with Crippen LogP contribution in [0.1, 0.15) is 23.2 Å². The predicted molar refractivity (Wildman–Crippen MR) is 90.8 cm³/mol. The number of benzene rings is 1. The lowest BCUT2D eigenvalue weighted by atomic mass is 9.99. The Kier molecular flexibility index (Phi) is 5.67. The smallest absolute Gasteiger partial charge is 0.335 e. The lowest BCUT2D eigenvalue weighted by Gasteiger charge is -2.30. The highest BCUT2D eigenvalue weighted by Gasteiger charge is 2.25. The molecule has 22 heavy (non-hydrogen) atoms. The molecule has 1 aromatic carbocycles. The van der Waals surface area contributed by atoms with Crippen molar-refractivity contribution in [2.45, 2.75) is 12.8 Å². The van der Waals surface area contributed by atoms with Crippen LogP contribution < -0.4 is 4.74 Å². The second-order valence-corrected chi connectivity index (χ2v) is 8.51. The van der Waals surface area contributed by atoms with Crippen molar-refractivity contribution < 1.29 is 23.1 Å². The molecule has 0 amide bonds. The minimum Gasteiger partial charge on any atom is -0.492 e. The molecule has 1 saturated heterocycles. The van der Waals surface area contributed by atoms with Crippen LogP contribution >= 0.6 is 22.6 Å². The normalized spacial score (nSPS) is 17.4. The van der Waals surface area contributed by atoms with Gasteiger partial charge in [0.1, 0.15) is 5.75 Å². The number of halogens is 1. The summed E-state index contributed by atoms with van der Waals surface area (Å²) in [6.45, 7) is 1.57.